The molecule has 0 spiro atoms. The van der Waals surface area contributed by atoms with Gasteiger partial charge in [-0.2, -0.15) is 5.26 Å². The minimum absolute atomic E-state index is 0.461. The average molecular weight is 218 g/mol. The summed E-state index contributed by atoms with van der Waals surface area (Å²) in [6.07, 6.45) is -0.501. The van der Waals surface area contributed by atoms with Crippen molar-refractivity contribution in [2.24, 2.45) is 0 Å². The first kappa shape index (κ1) is 12.5. The van der Waals surface area contributed by atoms with Crippen molar-refractivity contribution in [1.82, 2.24) is 0 Å². The fourth-order valence-corrected chi connectivity index (χ4v) is 1.35. The van der Waals surface area contributed by atoms with Gasteiger partial charge in [0.1, 0.15) is 6.07 Å². The van der Waals surface area contributed by atoms with Crippen molar-refractivity contribution in [1.29, 1.82) is 5.26 Å². The Labute approximate surface area is 96.7 Å². The summed E-state index contributed by atoms with van der Waals surface area (Å²) in [5.41, 5.74) is 1.95. The minimum Gasteiger partial charge on any atom is -0.391 e. The first-order valence-corrected chi connectivity index (χ1v) is 5.34. The molecular weight excluding hydrogens is 200 g/mol. The van der Waals surface area contributed by atoms with Crippen molar-refractivity contribution in [3.8, 4) is 6.07 Å². The third-order valence-corrected chi connectivity index (χ3v) is 2.88. The van der Waals surface area contributed by atoms with Crippen LogP contribution in [0, 0.1) is 18.3 Å². The van der Waals surface area contributed by atoms with E-state index in [2.05, 4.69) is 11.4 Å². The van der Waals surface area contributed by atoms with Gasteiger partial charge in [-0.05, 0) is 39.3 Å². The van der Waals surface area contributed by atoms with Crippen LogP contribution in [-0.4, -0.2) is 16.7 Å². The molecule has 0 aromatic heterocycles. The molecule has 1 rings (SSSR count). The third kappa shape index (κ3) is 2.53. The molecule has 1 atom stereocenters. The molecule has 1 aromatic rings. The maximum atomic E-state index is 9.65. The molecule has 16 heavy (non-hydrogen) atoms. The summed E-state index contributed by atoms with van der Waals surface area (Å²) in [4.78, 5) is 0. The Hall–Kier alpha value is -1.53. The molecule has 0 amide bonds. The second-order valence-electron chi connectivity index (χ2n) is 4.63. The number of hydrogen-bond donors (Lipinski definition) is 2. The number of hydrogen-bond acceptors (Lipinski definition) is 3. The number of anilines is 1. The number of para-hydroxylation sites is 1. The van der Waals surface area contributed by atoms with Crippen LogP contribution in [0.3, 0.4) is 0 Å². The van der Waals surface area contributed by atoms with Crippen molar-refractivity contribution < 1.29 is 5.11 Å². The molecule has 3 heteroatoms. The highest BCUT2D eigenvalue weighted by atomic mass is 16.3. The van der Waals surface area contributed by atoms with Gasteiger partial charge in [-0.1, -0.05) is 12.1 Å². The van der Waals surface area contributed by atoms with Crippen LogP contribution in [0.1, 0.15) is 31.9 Å². The SMILES string of the molecule is Cc1cccc(C#N)c1NC(C)(C)C(C)O. The summed E-state index contributed by atoms with van der Waals surface area (Å²) in [7, 11) is 0. The number of nitrogens with one attached hydrogen (secondary N) is 1. The number of aryl methyl sites for hydroxylation is 1. The predicted molar refractivity (Wildman–Crippen MR) is 65.3 cm³/mol. The number of rotatable bonds is 3. The summed E-state index contributed by atoms with van der Waals surface area (Å²) in [6.45, 7) is 7.50. The van der Waals surface area contributed by atoms with Crippen LogP contribution in [0.5, 0.6) is 0 Å². The van der Waals surface area contributed by atoms with E-state index in [0.29, 0.717) is 5.56 Å². The van der Waals surface area contributed by atoms with Crippen LogP contribution < -0.4 is 5.32 Å². The van der Waals surface area contributed by atoms with Crippen molar-refractivity contribution >= 4 is 5.69 Å². The molecule has 0 heterocycles. The first-order valence-electron chi connectivity index (χ1n) is 5.34. The highest BCUT2D eigenvalue weighted by Gasteiger charge is 2.25. The summed E-state index contributed by atoms with van der Waals surface area (Å²) in [5.74, 6) is 0. The molecule has 1 unspecified atom stereocenters. The monoisotopic (exact) mass is 218 g/mol. The van der Waals surface area contributed by atoms with Crippen LogP contribution >= 0.6 is 0 Å². The fraction of sp³-hybridized carbons (Fsp3) is 0.462. The van der Waals surface area contributed by atoms with Gasteiger partial charge in [0.05, 0.1) is 22.9 Å². The summed E-state index contributed by atoms with van der Waals surface area (Å²) < 4.78 is 0. The molecule has 2 N–H and O–H groups in total. The third-order valence-electron chi connectivity index (χ3n) is 2.88. The zero-order chi connectivity index (χ0) is 12.3. The van der Waals surface area contributed by atoms with E-state index in [1.165, 1.54) is 0 Å². The number of aliphatic hydroxyl groups is 1. The largest absolute Gasteiger partial charge is 0.391 e. The highest BCUT2D eigenvalue weighted by molar-refractivity contribution is 5.63. The van der Waals surface area contributed by atoms with Gasteiger partial charge in [-0.3, -0.25) is 0 Å². The molecule has 0 saturated carbocycles. The Morgan fingerprint density at radius 3 is 2.56 bits per heavy atom. The van der Waals surface area contributed by atoms with Gasteiger partial charge >= 0.3 is 0 Å². The van der Waals surface area contributed by atoms with Gasteiger partial charge in [0, 0.05) is 0 Å². The fourth-order valence-electron chi connectivity index (χ4n) is 1.35. The van der Waals surface area contributed by atoms with Gasteiger partial charge in [-0.25, -0.2) is 0 Å². The van der Waals surface area contributed by atoms with Gasteiger partial charge < -0.3 is 10.4 Å². The zero-order valence-electron chi connectivity index (χ0n) is 10.2. The lowest BCUT2D eigenvalue weighted by atomic mass is 9.96. The molecule has 0 fully saturated rings. The molecular formula is C13H18N2O. The zero-order valence-corrected chi connectivity index (χ0v) is 10.2. The lowest BCUT2D eigenvalue weighted by Crippen LogP contribution is -2.42. The van der Waals surface area contributed by atoms with E-state index in [0.717, 1.165) is 11.3 Å². The summed E-state index contributed by atoms with van der Waals surface area (Å²) in [6, 6.07) is 7.73. The van der Waals surface area contributed by atoms with Crippen LogP contribution in [0.2, 0.25) is 0 Å². The number of nitrogens with zero attached hydrogens (tertiary/aromatic N) is 1. The van der Waals surface area contributed by atoms with E-state index < -0.39 is 11.6 Å². The van der Waals surface area contributed by atoms with Crippen LogP contribution in [0.4, 0.5) is 5.69 Å². The van der Waals surface area contributed by atoms with Gasteiger partial charge in [0.2, 0.25) is 0 Å². The van der Waals surface area contributed by atoms with E-state index >= 15 is 0 Å². The normalized spacial score (nSPS) is 13.0. The number of aliphatic hydroxyl groups excluding tert-OH is 1. The predicted octanol–water partition coefficient (Wildman–Crippen LogP) is 2.44. The lowest BCUT2D eigenvalue weighted by molar-refractivity contribution is 0.133. The average Bonchev–Trinajstić information content (AvgIpc) is 2.20. The van der Waals surface area contributed by atoms with E-state index in [4.69, 9.17) is 5.26 Å². The Kier molecular flexibility index (Phi) is 3.56. The Balaban J connectivity index is 3.11. The molecule has 1 aromatic carbocycles. The van der Waals surface area contributed by atoms with E-state index in [-0.39, 0.29) is 0 Å². The van der Waals surface area contributed by atoms with Gasteiger partial charge in [0.25, 0.3) is 0 Å². The second-order valence-corrected chi connectivity index (χ2v) is 4.63. The van der Waals surface area contributed by atoms with Gasteiger partial charge in [-0.15, -0.1) is 0 Å². The summed E-state index contributed by atoms with van der Waals surface area (Å²) in [5, 5.41) is 21.9. The molecule has 0 aliphatic heterocycles. The maximum absolute atomic E-state index is 9.65. The van der Waals surface area contributed by atoms with Crippen molar-refractivity contribution in [2.45, 2.75) is 39.3 Å². The van der Waals surface area contributed by atoms with Gasteiger partial charge in [0.15, 0.2) is 0 Å². The summed E-state index contributed by atoms with van der Waals surface area (Å²) >= 11 is 0. The van der Waals surface area contributed by atoms with Crippen molar-refractivity contribution in [3.05, 3.63) is 29.3 Å². The molecule has 0 saturated heterocycles. The standard InChI is InChI=1S/C13H18N2O/c1-9-6-5-7-11(8-14)12(9)15-13(3,4)10(2)16/h5-7,10,15-16H,1-4H3. The number of benzene rings is 1. The van der Waals surface area contributed by atoms with Crippen molar-refractivity contribution in [3.63, 3.8) is 0 Å². The molecule has 0 aliphatic rings. The molecule has 86 valence electrons. The van der Waals surface area contributed by atoms with Crippen LogP contribution in [-0.2, 0) is 0 Å². The second kappa shape index (κ2) is 4.54. The van der Waals surface area contributed by atoms with Crippen molar-refractivity contribution in [2.75, 3.05) is 5.32 Å². The van der Waals surface area contributed by atoms with E-state index in [9.17, 15) is 5.11 Å². The Morgan fingerprint density at radius 2 is 2.06 bits per heavy atom. The van der Waals surface area contributed by atoms with Crippen LogP contribution in [0.25, 0.3) is 0 Å². The van der Waals surface area contributed by atoms with E-state index in [1.54, 1.807) is 13.0 Å². The quantitative estimate of drug-likeness (QED) is 0.819. The van der Waals surface area contributed by atoms with Crippen LogP contribution in [0.15, 0.2) is 18.2 Å². The van der Waals surface area contributed by atoms with E-state index in [1.807, 2.05) is 32.9 Å². The Morgan fingerprint density at radius 1 is 1.44 bits per heavy atom. The molecule has 0 aliphatic carbocycles. The molecule has 0 radical (unpaired) electrons. The number of nitriles is 1. The molecule has 3 nitrogen and oxygen atoms in total. The molecule has 0 bridgehead atoms. The minimum atomic E-state index is -0.501. The smallest absolute Gasteiger partial charge is 0.101 e. The maximum Gasteiger partial charge on any atom is 0.101 e. The lowest BCUT2D eigenvalue weighted by Gasteiger charge is -2.31. The first-order chi connectivity index (χ1) is 7.38. The topological polar surface area (TPSA) is 56.0 Å². The highest BCUT2D eigenvalue weighted by Crippen LogP contribution is 2.25. The Bertz CT molecular complexity index is 416.